The largest absolute Gasteiger partial charge is 0.326 e. The smallest absolute Gasteiger partial charge is 0.308 e. The van der Waals surface area contributed by atoms with Crippen LogP contribution in [0.2, 0.25) is 5.02 Å². The molecule has 182 valence electrons. The van der Waals surface area contributed by atoms with Crippen molar-refractivity contribution in [1.82, 2.24) is 4.90 Å². The SMILES string of the molecule is O=C(Nc1ccc(Cl)cc1)N1CC2(CCN(Cc3ccc4ccccc4c3)CC2)c2cc(F)ccc21. The fraction of sp³-hybridized carbons (Fsp3) is 0.233. The third kappa shape index (κ3) is 4.34. The van der Waals surface area contributed by atoms with Crippen LogP contribution in [0.3, 0.4) is 0 Å². The van der Waals surface area contributed by atoms with E-state index in [0.29, 0.717) is 17.3 Å². The van der Waals surface area contributed by atoms with E-state index in [9.17, 15) is 9.18 Å². The van der Waals surface area contributed by atoms with Crippen molar-refractivity contribution in [2.45, 2.75) is 24.8 Å². The van der Waals surface area contributed by atoms with Gasteiger partial charge in [-0.15, -0.1) is 0 Å². The molecule has 0 aromatic heterocycles. The van der Waals surface area contributed by atoms with E-state index in [-0.39, 0.29) is 17.3 Å². The van der Waals surface area contributed by atoms with Crippen LogP contribution in [0.15, 0.2) is 84.9 Å². The number of rotatable bonds is 3. The van der Waals surface area contributed by atoms with Crippen molar-refractivity contribution in [3.63, 3.8) is 0 Å². The monoisotopic (exact) mass is 499 g/mol. The molecular formula is C30H27ClFN3O. The lowest BCUT2D eigenvalue weighted by atomic mass is 9.74. The molecule has 2 aliphatic rings. The molecule has 4 aromatic carbocycles. The van der Waals surface area contributed by atoms with Crippen molar-refractivity contribution in [2.75, 3.05) is 29.9 Å². The zero-order valence-electron chi connectivity index (χ0n) is 19.9. The van der Waals surface area contributed by atoms with Gasteiger partial charge in [0.25, 0.3) is 0 Å². The predicted molar refractivity (Wildman–Crippen MR) is 144 cm³/mol. The third-order valence-electron chi connectivity index (χ3n) is 7.66. The molecule has 0 radical (unpaired) electrons. The summed E-state index contributed by atoms with van der Waals surface area (Å²) < 4.78 is 14.4. The van der Waals surface area contributed by atoms with Crippen molar-refractivity contribution >= 4 is 39.8 Å². The minimum Gasteiger partial charge on any atom is -0.308 e. The van der Waals surface area contributed by atoms with E-state index in [0.717, 1.165) is 43.7 Å². The lowest BCUT2D eigenvalue weighted by Crippen LogP contribution is -2.46. The zero-order valence-corrected chi connectivity index (χ0v) is 20.6. The summed E-state index contributed by atoms with van der Waals surface area (Å²) in [6.07, 6.45) is 1.75. The van der Waals surface area contributed by atoms with E-state index < -0.39 is 0 Å². The number of halogens is 2. The summed E-state index contributed by atoms with van der Waals surface area (Å²) in [6.45, 7) is 3.23. The second-order valence-corrected chi connectivity index (χ2v) is 10.4. The number of likely N-dealkylation sites (tertiary alicyclic amines) is 1. The van der Waals surface area contributed by atoms with Gasteiger partial charge in [0.05, 0.1) is 0 Å². The number of urea groups is 1. The Balaban J connectivity index is 1.19. The van der Waals surface area contributed by atoms with Gasteiger partial charge in [0, 0.05) is 34.9 Å². The maximum atomic E-state index is 14.4. The van der Waals surface area contributed by atoms with Gasteiger partial charge in [-0.1, -0.05) is 48.0 Å². The van der Waals surface area contributed by atoms with Crippen LogP contribution in [0.25, 0.3) is 10.8 Å². The van der Waals surface area contributed by atoms with Crippen LogP contribution in [-0.4, -0.2) is 30.6 Å². The maximum Gasteiger partial charge on any atom is 0.326 e. The molecule has 6 rings (SSSR count). The van der Waals surface area contributed by atoms with E-state index in [1.165, 1.54) is 22.4 Å². The fourth-order valence-electron chi connectivity index (χ4n) is 5.71. The maximum absolute atomic E-state index is 14.4. The topological polar surface area (TPSA) is 35.6 Å². The van der Waals surface area contributed by atoms with Crippen molar-refractivity contribution in [1.29, 1.82) is 0 Å². The summed E-state index contributed by atoms with van der Waals surface area (Å²) in [5, 5.41) is 6.09. The zero-order chi connectivity index (χ0) is 24.7. The molecule has 2 heterocycles. The second-order valence-electron chi connectivity index (χ2n) is 9.92. The average molecular weight is 500 g/mol. The minimum absolute atomic E-state index is 0.208. The van der Waals surface area contributed by atoms with Gasteiger partial charge in [-0.3, -0.25) is 9.80 Å². The van der Waals surface area contributed by atoms with E-state index in [1.807, 2.05) is 0 Å². The van der Waals surface area contributed by atoms with E-state index in [1.54, 1.807) is 41.3 Å². The Morgan fingerprint density at radius 2 is 1.67 bits per heavy atom. The normalized spacial score (nSPS) is 16.9. The van der Waals surface area contributed by atoms with Gasteiger partial charge in [-0.05, 0) is 96.4 Å². The number of benzene rings is 4. The molecular weight excluding hydrogens is 473 g/mol. The molecule has 0 unspecified atom stereocenters. The highest BCUT2D eigenvalue weighted by atomic mass is 35.5. The fourth-order valence-corrected chi connectivity index (χ4v) is 5.83. The van der Waals surface area contributed by atoms with Crippen molar-refractivity contribution in [3.05, 3.63) is 107 Å². The Hall–Kier alpha value is -3.41. The van der Waals surface area contributed by atoms with Crippen molar-refractivity contribution < 1.29 is 9.18 Å². The predicted octanol–water partition coefficient (Wildman–Crippen LogP) is 7.22. The van der Waals surface area contributed by atoms with E-state index in [2.05, 4.69) is 52.7 Å². The molecule has 4 aromatic rings. The number of hydrogen-bond donors (Lipinski definition) is 1. The molecule has 36 heavy (non-hydrogen) atoms. The molecule has 1 N–H and O–H groups in total. The van der Waals surface area contributed by atoms with Gasteiger partial charge in [0.2, 0.25) is 0 Å². The quantitative estimate of drug-likeness (QED) is 0.323. The lowest BCUT2D eigenvalue weighted by Gasteiger charge is -2.40. The summed E-state index contributed by atoms with van der Waals surface area (Å²) in [7, 11) is 0. The molecule has 4 nitrogen and oxygen atoms in total. The van der Waals surface area contributed by atoms with E-state index in [4.69, 9.17) is 11.6 Å². The molecule has 0 bridgehead atoms. The van der Waals surface area contributed by atoms with E-state index >= 15 is 0 Å². The molecule has 0 atom stereocenters. The molecule has 2 aliphatic heterocycles. The standard InChI is InChI=1S/C30H27ClFN3O/c31-24-7-10-26(11-8-24)33-29(36)35-20-30(27-18-25(32)9-12-28(27)35)13-15-34(16-14-30)19-21-5-6-22-3-1-2-4-23(22)17-21/h1-12,17-18H,13-16,19-20H2,(H,33,36). The number of anilines is 2. The first kappa shape index (κ1) is 23.0. The number of fused-ring (bicyclic) bond motifs is 3. The number of nitrogens with one attached hydrogen (secondary N) is 1. The molecule has 2 amide bonds. The molecule has 1 spiro atoms. The van der Waals surface area contributed by atoms with Crippen LogP contribution in [-0.2, 0) is 12.0 Å². The van der Waals surface area contributed by atoms with Crippen LogP contribution in [0, 0.1) is 5.82 Å². The highest BCUT2D eigenvalue weighted by Crippen LogP contribution is 2.47. The Morgan fingerprint density at radius 1 is 0.917 bits per heavy atom. The second kappa shape index (κ2) is 9.23. The van der Waals surface area contributed by atoms with Gasteiger partial charge >= 0.3 is 6.03 Å². The van der Waals surface area contributed by atoms with Crippen LogP contribution >= 0.6 is 11.6 Å². The van der Waals surface area contributed by atoms with Gasteiger partial charge in [0.1, 0.15) is 5.82 Å². The van der Waals surface area contributed by atoms with Crippen LogP contribution in [0.1, 0.15) is 24.0 Å². The third-order valence-corrected chi connectivity index (χ3v) is 7.91. The van der Waals surface area contributed by atoms with Gasteiger partial charge < -0.3 is 5.32 Å². The Bertz CT molecular complexity index is 1430. The first-order valence-electron chi connectivity index (χ1n) is 12.3. The number of carbonyl (C=O) groups excluding carboxylic acids is 1. The van der Waals surface area contributed by atoms with Crippen LogP contribution < -0.4 is 10.2 Å². The van der Waals surface area contributed by atoms with Gasteiger partial charge in [-0.2, -0.15) is 0 Å². The highest BCUT2D eigenvalue weighted by Gasteiger charge is 2.46. The Labute approximate surface area is 215 Å². The van der Waals surface area contributed by atoms with Crippen LogP contribution in [0.5, 0.6) is 0 Å². The number of carbonyl (C=O) groups is 1. The Morgan fingerprint density at radius 3 is 2.44 bits per heavy atom. The number of hydrogen-bond acceptors (Lipinski definition) is 2. The molecule has 1 fully saturated rings. The van der Waals surface area contributed by atoms with Crippen LogP contribution in [0.4, 0.5) is 20.6 Å². The van der Waals surface area contributed by atoms with Crippen molar-refractivity contribution in [3.8, 4) is 0 Å². The highest BCUT2D eigenvalue weighted by molar-refractivity contribution is 6.30. The van der Waals surface area contributed by atoms with Gasteiger partial charge in [-0.25, -0.2) is 9.18 Å². The van der Waals surface area contributed by atoms with Gasteiger partial charge in [0.15, 0.2) is 0 Å². The Kier molecular flexibility index (Phi) is 5.90. The lowest BCUT2D eigenvalue weighted by molar-refractivity contribution is 0.160. The molecule has 1 saturated heterocycles. The minimum atomic E-state index is -0.258. The number of amides is 2. The number of nitrogens with zero attached hydrogens (tertiary/aromatic N) is 2. The average Bonchev–Trinajstić information content (AvgIpc) is 3.20. The summed E-state index contributed by atoms with van der Waals surface area (Å²) in [5.74, 6) is -0.258. The summed E-state index contributed by atoms with van der Waals surface area (Å²) >= 11 is 5.98. The summed E-state index contributed by atoms with van der Waals surface area (Å²) in [5.41, 5.74) is 3.48. The molecule has 0 aliphatic carbocycles. The first-order valence-corrected chi connectivity index (χ1v) is 12.7. The first-order chi connectivity index (χ1) is 17.5. The summed E-state index contributed by atoms with van der Waals surface area (Å²) in [6, 6.07) is 26.7. The molecule has 6 heteroatoms. The summed E-state index contributed by atoms with van der Waals surface area (Å²) in [4.78, 5) is 17.5. The van der Waals surface area contributed by atoms with Crippen molar-refractivity contribution in [2.24, 2.45) is 0 Å². The number of piperidine rings is 1. The molecule has 0 saturated carbocycles.